The van der Waals surface area contributed by atoms with Crippen LogP contribution in [0.5, 0.6) is 0 Å². The van der Waals surface area contributed by atoms with Gasteiger partial charge in [0, 0.05) is 0 Å². The molecule has 0 aromatic heterocycles. The summed E-state index contributed by atoms with van der Waals surface area (Å²) >= 11 is 0. The third kappa shape index (κ3) is 3.85. The lowest BCUT2D eigenvalue weighted by molar-refractivity contribution is 0.194. The standard InChI is InChI=1S/C13H22.C2H6/c1-4-13(5-2)11-9-7-6-8-10-12(13)3;1-2/h7-10,12H,4-6,11H2,1-3H3;1-2H3/b9-7+,10-8+;. The molecule has 1 atom stereocenters. The fraction of sp³-hybridized carbons (Fsp3) is 0.733. The maximum absolute atomic E-state index is 2.40. The summed E-state index contributed by atoms with van der Waals surface area (Å²) in [6.45, 7) is 11.0. The average Bonchev–Trinajstić information content (AvgIpc) is 2.28. The highest BCUT2D eigenvalue weighted by Crippen LogP contribution is 2.40. The molecule has 0 heterocycles. The fourth-order valence-corrected chi connectivity index (χ4v) is 2.35. The lowest BCUT2D eigenvalue weighted by Gasteiger charge is -2.36. The van der Waals surface area contributed by atoms with Crippen LogP contribution >= 0.6 is 0 Å². The maximum Gasteiger partial charge on any atom is -0.0169 e. The minimum absolute atomic E-state index is 0.521. The van der Waals surface area contributed by atoms with Gasteiger partial charge in [-0.15, -0.1) is 0 Å². The topological polar surface area (TPSA) is 0 Å². The lowest BCUT2D eigenvalue weighted by atomic mass is 9.69. The lowest BCUT2D eigenvalue weighted by Crippen LogP contribution is -2.26. The molecule has 0 fully saturated rings. The monoisotopic (exact) mass is 208 g/mol. The van der Waals surface area contributed by atoms with Crippen molar-refractivity contribution in [3.63, 3.8) is 0 Å². The van der Waals surface area contributed by atoms with Crippen LogP contribution in [-0.2, 0) is 0 Å². The van der Waals surface area contributed by atoms with Gasteiger partial charge < -0.3 is 0 Å². The second-order valence-electron chi connectivity index (χ2n) is 4.20. The molecule has 1 aliphatic carbocycles. The van der Waals surface area contributed by atoms with Crippen LogP contribution in [0.4, 0.5) is 0 Å². The molecule has 0 bridgehead atoms. The van der Waals surface area contributed by atoms with Crippen molar-refractivity contribution in [1.82, 2.24) is 0 Å². The van der Waals surface area contributed by atoms with Gasteiger partial charge in [0.15, 0.2) is 0 Å². The molecule has 0 radical (unpaired) electrons. The third-order valence-electron chi connectivity index (χ3n) is 3.76. The van der Waals surface area contributed by atoms with E-state index in [-0.39, 0.29) is 0 Å². The molecule has 0 saturated heterocycles. The van der Waals surface area contributed by atoms with Crippen molar-refractivity contribution < 1.29 is 0 Å². The Morgan fingerprint density at radius 2 is 1.67 bits per heavy atom. The summed E-state index contributed by atoms with van der Waals surface area (Å²) in [4.78, 5) is 0. The highest BCUT2D eigenvalue weighted by Gasteiger charge is 2.29. The Morgan fingerprint density at radius 1 is 1.07 bits per heavy atom. The van der Waals surface area contributed by atoms with Crippen LogP contribution in [0.2, 0.25) is 0 Å². The summed E-state index contributed by atoms with van der Waals surface area (Å²) in [6, 6.07) is 0. The van der Waals surface area contributed by atoms with E-state index in [9.17, 15) is 0 Å². The van der Waals surface area contributed by atoms with Gasteiger partial charge in [0.2, 0.25) is 0 Å². The predicted octanol–water partition coefficient (Wildman–Crippen LogP) is 5.36. The summed E-state index contributed by atoms with van der Waals surface area (Å²) < 4.78 is 0. The van der Waals surface area contributed by atoms with Crippen molar-refractivity contribution in [2.75, 3.05) is 0 Å². The zero-order valence-corrected chi connectivity index (χ0v) is 11.2. The molecule has 0 amide bonds. The van der Waals surface area contributed by atoms with Crippen LogP contribution in [-0.4, -0.2) is 0 Å². The molecule has 15 heavy (non-hydrogen) atoms. The first-order chi connectivity index (χ1) is 7.25. The first kappa shape index (κ1) is 14.5. The summed E-state index contributed by atoms with van der Waals surface area (Å²) in [6.07, 6.45) is 14.3. The second-order valence-corrected chi connectivity index (χ2v) is 4.20. The summed E-state index contributed by atoms with van der Waals surface area (Å²) in [7, 11) is 0. The molecular formula is C15H28. The van der Waals surface area contributed by atoms with Crippen molar-refractivity contribution >= 4 is 0 Å². The molecule has 0 saturated carbocycles. The number of allylic oxidation sites excluding steroid dienone is 4. The van der Waals surface area contributed by atoms with E-state index in [1.807, 2.05) is 13.8 Å². The van der Waals surface area contributed by atoms with Crippen molar-refractivity contribution in [2.45, 2.75) is 60.3 Å². The Morgan fingerprint density at radius 3 is 2.20 bits per heavy atom. The predicted molar refractivity (Wildman–Crippen MR) is 71.0 cm³/mol. The van der Waals surface area contributed by atoms with E-state index >= 15 is 0 Å². The van der Waals surface area contributed by atoms with Crippen LogP contribution in [0, 0.1) is 11.3 Å². The number of hydrogen-bond acceptors (Lipinski definition) is 0. The molecule has 88 valence electrons. The van der Waals surface area contributed by atoms with Gasteiger partial charge in [-0.3, -0.25) is 0 Å². The largest absolute Gasteiger partial charge is 0.0877 e. The Bertz CT molecular complexity index is 194. The third-order valence-corrected chi connectivity index (χ3v) is 3.76. The first-order valence-electron chi connectivity index (χ1n) is 6.57. The molecule has 0 aromatic carbocycles. The van der Waals surface area contributed by atoms with Gasteiger partial charge in [0.1, 0.15) is 0 Å². The minimum atomic E-state index is 0.521. The fourth-order valence-electron chi connectivity index (χ4n) is 2.35. The Kier molecular flexibility index (Phi) is 7.46. The second kappa shape index (κ2) is 7.73. The van der Waals surface area contributed by atoms with E-state index < -0.39 is 0 Å². The van der Waals surface area contributed by atoms with E-state index in [1.54, 1.807) is 0 Å². The average molecular weight is 208 g/mol. The zero-order chi connectivity index (χ0) is 11.7. The maximum atomic E-state index is 2.40. The molecule has 0 heteroatoms. The number of hydrogen-bond donors (Lipinski definition) is 0. The van der Waals surface area contributed by atoms with Gasteiger partial charge in [-0.2, -0.15) is 0 Å². The molecule has 1 rings (SSSR count). The summed E-state index contributed by atoms with van der Waals surface area (Å²) in [5.74, 6) is 0.729. The Labute approximate surface area is 96.5 Å². The van der Waals surface area contributed by atoms with Crippen LogP contribution in [0.15, 0.2) is 24.3 Å². The van der Waals surface area contributed by atoms with E-state index in [1.165, 1.54) is 19.3 Å². The first-order valence-corrected chi connectivity index (χ1v) is 6.57. The molecule has 1 unspecified atom stereocenters. The van der Waals surface area contributed by atoms with E-state index in [2.05, 4.69) is 45.1 Å². The smallest absolute Gasteiger partial charge is 0.0169 e. The van der Waals surface area contributed by atoms with Crippen molar-refractivity contribution in [2.24, 2.45) is 11.3 Å². The van der Waals surface area contributed by atoms with E-state index in [4.69, 9.17) is 0 Å². The molecule has 0 nitrogen and oxygen atoms in total. The van der Waals surface area contributed by atoms with Crippen molar-refractivity contribution in [3.05, 3.63) is 24.3 Å². The van der Waals surface area contributed by atoms with Crippen molar-refractivity contribution in [1.29, 1.82) is 0 Å². The highest BCUT2D eigenvalue weighted by molar-refractivity contribution is 5.05. The normalized spacial score (nSPS) is 27.9. The van der Waals surface area contributed by atoms with Gasteiger partial charge in [-0.25, -0.2) is 0 Å². The molecule has 0 spiro atoms. The molecule has 0 aromatic rings. The van der Waals surface area contributed by atoms with E-state index in [0.717, 1.165) is 12.3 Å². The SMILES string of the molecule is CC.CCC1(CC)C/C=C/C/C=C/C1C. The van der Waals surface area contributed by atoms with Crippen LogP contribution in [0.3, 0.4) is 0 Å². The highest BCUT2D eigenvalue weighted by atomic mass is 14.3. The molecular weight excluding hydrogens is 180 g/mol. The van der Waals surface area contributed by atoms with Gasteiger partial charge in [-0.1, -0.05) is 58.9 Å². The number of rotatable bonds is 2. The minimum Gasteiger partial charge on any atom is -0.0877 e. The quantitative estimate of drug-likeness (QED) is 0.536. The zero-order valence-electron chi connectivity index (χ0n) is 11.2. The van der Waals surface area contributed by atoms with Crippen LogP contribution < -0.4 is 0 Å². The molecule has 1 aliphatic rings. The van der Waals surface area contributed by atoms with Crippen LogP contribution in [0.1, 0.15) is 60.3 Å². The van der Waals surface area contributed by atoms with Crippen molar-refractivity contribution in [3.8, 4) is 0 Å². The Balaban J connectivity index is 0.000000921. The summed E-state index contributed by atoms with van der Waals surface area (Å²) in [5, 5.41) is 0. The van der Waals surface area contributed by atoms with Crippen LogP contribution in [0.25, 0.3) is 0 Å². The van der Waals surface area contributed by atoms with E-state index in [0.29, 0.717) is 5.41 Å². The van der Waals surface area contributed by atoms with Gasteiger partial charge >= 0.3 is 0 Å². The molecule has 0 aliphatic heterocycles. The Hall–Kier alpha value is -0.520. The van der Waals surface area contributed by atoms with Gasteiger partial charge in [0.25, 0.3) is 0 Å². The van der Waals surface area contributed by atoms with Gasteiger partial charge in [0.05, 0.1) is 0 Å². The van der Waals surface area contributed by atoms with Gasteiger partial charge in [-0.05, 0) is 37.0 Å². The molecule has 0 N–H and O–H groups in total. The summed E-state index contributed by atoms with van der Waals surface area (Å²) in [5.41, 5.74) is 0.521.